The molecule has 5 aliphatic rings. The number of nitrogens with zero attached hydrogens (tertiary/aromatic N) is 2. The SMILES string of the molecule is COC(=O)[C@H](Cc1ccccc1)NC(=O)CC[C@@H](C)[C@H]1CCC2C3CC[C@@H]4C[C@@H](NCCCN5CCN(CCCN)CC5)CC[C@]4(C)C3CC[C@@]21C. The van der Waals surface area contributed by atoms with E-state index in [4.69, 9.17) is 10.5 Å². The fourth-order valence-corrected chi connectivity index (χ4v) is 12.6. The number of fused-ring (bicyclic) bond motifs is 5. The Morgan fingerprint density at radius 1 is 0.904 bits per heavy atom. The fourth-order valence-electron chi connectivity index (χ4n) is 12.6. The molecule has 1 heterocycles. The Morgan fingerprint density at radius 2 is 1.60 bits per heavy atom. The zero-order chi connectivity index (χ0) is 36.7. The van der Waals surface area contributed by atoms with E-state index in [0.717, 1.165) is 61.7 Å². The second kappa shape index (κ2) is 18.1. The Bertz CT molecular complexity index is 1290. The predicted molar refractivity (Wildman–Crippen MR) is 211 cm³/mol. The largest absolute Gasteiger partial charge is 0.467 e. The van der Waals surface area contributed by atoms with E-state index in [1.54, 1.807) is 0 Å². The molecule has 52 heavy (non-hydrogen) atoms. The number of rotatable bonds is 16. The van der Waals surface area contributed by atoms with Gasteiger partial charge in [0.05, 0.1) is 7.11 Å². The first-order chi connectivity index (χ1) is 25.1. The third-order valence-corrected chi connectivity index (χ3v) is 15.6. The van der Waals surface area contributed by atoms with Crippen molar-refractivity contribution in [2.24, 2.45) is 52.1 Å². The number of hydrogen-bond acceptors (Lipinski definition) is 7. The molecule has 4 saturated carbocycles. The number of piperazine rings is 1. The highest BCUT2D eigenvalue weighted by molar-refractivity contribution is 5.84. The Kier molecular flexibility index (Phi) is 13.8. The number of hydrogen-bond donors (Lipinski definition) is 3. The second-order valence-electron chi connectivity index (χ2n) is 18.3. The Hall–Kier alpha value is -2.00. The third-order valence-electron chi connectivity index (χ3n) is 15.6. The van der Waals surface area contributed by atoms with Gasteiger partial charge in [0, 0.05) is 45.1 Å². The van der Waals surface area contributed by atoms with Gasteiger partial charge in [-0.05, 0) is 155 Å². The molecule has 3 unspecified atom stereocenters. The summed E-state index contributed by atoms with van der Waals surface area (Å²) in [5.74, 6) is 4.23. The van der Waals surface area contributed by atoms with Crippen molar-refractivity contribution >= 4 is 11.9 Å². The van der Waals surface area contributed by atoms with Crippen LogP contribution in [-0.4, -0.2) is 93.2 Å². The van der Waals surface area contributed by atoms with Crippen LogP contribution in [0.15, 0.2) is 30.3 Å². The van der Waals surface area contributed by atoms with Crippen LogP contribution >= 0.6 is 0 Å². The van der Waals surface area contributed by atoms with Crippen LogP contribution in [0.3, 0.4) is 0 Å². The van der Waals surface area contributed by atoms with E-state index < -0.39 is 6.04 Å². The van der Waals surface area contributed by atoms with Gasteiger partial charge >= 0.3 is 5.97 Å². The van der Waals surface area contributed by atoms with E-state index in [-0.39, 0.29) is 11.9 Å². The maximum absolute atomic E-state index is 13.2. The van der Waals surface area contributed by atoms with Crippen molar-refractivity contribution < 1.29 is 14.3 Å². The van der Waals surface area contributed by atoms with Gasteiger partial charge in [-0.3, -0.25) is 4.79 Å². The van der Waals surface area contributed by atoms with Crippen molar-refractivity contribution in [1.82, 2.24) is 20.4 Å². The van der Waals surface area contributed by atoms with Crippen molar-refractivity contribution in [3.05, 3.63) is 35.9 Å². The molecule has 0 aromatic heterocycles. The summed E-state index contributed by atoms with van der Waals surface area (Å²) in [7, 11) is 1.40. The first-order valence-electron chi connectivity index (χ1n) is 21.4. The number of benzene rings is 1. The molecule has 0 radical (unpaired) electrons. The van der Waals surface area contributed by atoms with Gasteiger partial charge in [0.25, 0.3) is 0 Å². The Morgan fingerprint density at radius 3 is 2.31 bits per heavy atom. The molecule has 1 amide bonds. The van der Waals surface area contributed by atoms with Gasteiger partial charge in [0.2, 0.25) is 5.91 Å². The first kappa shape index (κ1) is 39.7. The van der Waals surface area contributed by atoms with Gasteiger partial charge in [0.1, 0.15) is 6.04 Å². The quantitative estimate of drug-likeness (QED) is 0.137. The van der Waals surface area contributed by atoms with Crippen LogP contribution in [0.5, 0.6) is 0 Å². The molecular formula is C44H73N5O3. The fraction of sp³-hybridized carbons (Fsp3) is 0.818. The van der Waals surface area contributed by atoms with Crippen molar-refractivity contribution in [3.8, 4) is 0 Å². The summed E-state index contributed by atoms with van der Waals surface area (Å²) in [6.45, 7) is 16.9. The number of carbonyl (C=O) groups excluding carboxylic acids is 2. The number of amides is 1. The molecule has 10 atom stereocenters. The topological polar surface area (TPSA) is 99.9 Å². The zero-order valence-corrected chi connectivity index (χ0v) is 33.3. The summed E-state index contributed by atoms with van der Waals surface area (Å²) in [6, 6.07) is 9.91. The third kappa shape index (κ3) is 9.09. The molecule has 1 saturated heterocycles. The van der Waals surface area contributed by atoms with Crippen LogP contribution in [0.1, 0.15) is 110 Å². The molecule has 8 heteroatoms. The number of methoxy groups -OCH3 is 1. The van der Waals surface area contributed by atoms with Crippen LogP contribution in [0, 0.1) is 46.3 Å². The lowest BCUT2D eigenvalue weighted by Gasteiger charge is -2.61. The molecule has 4 N–H and O–H groups in total. The van der Waals surface area contributed by atoms with E-state index in [9.17, 15) is 9.59 Å². The molecule has 1 aromatic rings. The summed E-state index contributed by atoms with van der Waals surface area (Å²) in [5, 5.41) is 7.04. The molecule has 5 fully saturated rings. The minimum absolute atomic E-state index is 0.0364. The smallest absolute Gasteiger partial charge is 0.328 e. The molecule has 0 bridgehead atoms. The summed E-state index contributed by atoms with van der Waals surface area (Å²) >= 11 is 0. The molecule has 6 rings (SSSR count). The van der Waals surface area contributed by atoms with E-state index >= 15 is 0 Å². The molecule has 292 valence electrons. The number of ether oxygens (including phenoxy) is 1. The Labute approximate surface area is 316 Å². The van der Waals surface area contributed by atoms with Crippen LogP contribution in [0.25, 0.3) is 0 Å². The molecule has 0 spiro atoms. The van der Waals surface area contributed by atoms with E-state index in [1.807, 2.05) is 30.3 Å². The van der Waals surface area contributed by atoms with Crippen molar-refractivity contribution in [3.63, 3.8) is 0 Å². The van der Waals surface area contributed by atoms with Crippen LogP contribution in [0.2, 0.25) is 0 Å². The molecule has 4 aliphatic carbocycles. The normalized spacial score (nSPS) is 34.8. The number of carbonyl (C=O) groups is 2. The molecule has 1 aromatic carbocycles. The van der Waals surface area contributed by atoms with Gasteiger partial charge in [-0.25, -0.2) is 4.79 Å². The van der Waals surface area contributed by atoms with Gasteiger partial charge in [-0.2, -0.15) is 0 Å². The van der Waals surface area contributed by atoms with E-state index in [1.165, 1.54) is 104 Å². The standard InChI is InChI=1S/C44H73N5O3/c1-32(12-17-41(50)47-40(42(51)52-4)30-33-10-6-5-7-11-33)37-15-16-38-36-14-13-34-31-35(18-20-43(34,2)39(36)19-21-44(37,38)3)46-23-9-25-49-28-26-48(27-29-49)24-8-22-45/h5-7,10-11,32,34-40,46H,8-9,12-31,45H2,1-4H3,(H,47,50)/t32-,34-,35+,36?,37-,38?,39?,40+,43+,44-/m1/s1. The van der Waals surface area contributed by atoms with E-state index in [0.29, 0.717) is 41.5 Å². The average molecular weight is 720 g/mol. The van der Waals surface area contributed by atoms with Crippen molar-refractivity contribution in [2.45, 2.75) is 123 Å². The number of nitrogens with two attached hydrogens (primary N) is 1. The van der Waals surface area contributed by atoms with Gasteiger partial charge in [-0.15, -0.1) is 0 Å². The lowest BCUT2D eigenvalue weighted by Crippen LogP contribution is -2.55. The molecule has 8 nitrogen and oxygen atoms in total. The van der Waals surface area contributed by atoms with E-state index in [2.05, 4.69) is 41.2 Å². The first-order valence-corrected chi connectivity index (χ1v) is 21.4. The number of esters is 1. The lowest BCUT2D eigenvalue weighted by atomic mass is 9.44. The minimum atomic E-state index is -0.648. The molecule has 1 aliphatic heterocycles. The average Bonchev–Trinajstić information content (AvgIpc) is 3.52. The second-order valence-corrected chi connectivity index (χ2v) is 18.3. The van der Waals surface area contributed by atoms with Gasteiger partial charge in [-0.1, -0.05) is 51.1 Å². The summed E-state index contributed by atoms with van der Waals surface area (Å²) in [5.41, 5.74) is 7.62. The summed E-state index contributed by atoms with van der Waals surface area (Å²) in [4.78, 5) is 30.9. The highest BCUT2D eigenvalue weighted by atomic mass is 16.5. The van der Waals surface area contributed by atoms with Crippen LogP contribution in [0.4, 0.5) is 0 Å². The summed E-state index contributed by atoms with van der Waals surface area (Å²) in [6.07, 6.45) is 16.6. The predicted octanol–water partition coefficient (Wildman–Crippen LogP) is 6.28. The van der Waals surface area contributed by atoms with Crippen LogP contribution < -0.4 is 16.4 Å². The monoisotopic (exact) mass is 720 g/mol. The lowest BCUT2D eigenvalue weighted by molar-refractivity contribution is -0.145. The zero-order valence-electron chi connectivity index (χ0n) is 33.3. The Balaban J connectivity index is 0.944. The number of nitrogens with one attached hydrogen (secondary N) is 2. The molecular weight excluding hydrogens is 647 g/mol. The minimum Gasteiger partial charge on any atom is -0.467 e. The van der Waals surface area contributed by atoms with Gasteiger partial charge in [0.15, 0.2) is 0 Å². The highest BCUT2D eigenvalue weighted by Gasteiger charge is 2.60. The highest BCUT2D eigenvalue weighted by Crippen LogP contribution is 2.68. The van der Waals surface area contributed by atoms with Gasteiger partial charge < -0.3 is 30.9 Å². The van der Waals surface area contributed by atoms with Crippen molar-refractivity contribution in [1.29, 1.82) is 0 Å². The van der Waals surface area contributed by atoms with Crippen LogP contribution in [-0.2, 0) is 20.7 Å². The van der Waals surface area contributed by atoms with Crippen molar-refractivity contribution in [2.75, 3.05) is 59.5 Å². The maximum Gasteiger partial charge on any atom is 0.328 e. The summed E-state index contributed by atoms with van der Waals surface area (Å²) < 4.78 is 5.04. The maximum atomic E-state index is 13.2.